The lowest BCUT2D eigenvalue weighted by Crippen LogP contribution is -2.40. The van der Waals surface area contributed by atoms with E-state index in [-0.39, 0.29) is 17.7 Å². The lowest BCUT2D eigenvalue weighted by atomic mass is 10.1. The van der Waals surface area contributed by atoms with Crippen molar-refractivity contribution in [1.29, 1.82) is 0 Å². The minimum atomic E-state index is -0.113. The van der Waals surface area contributed by atoms with Gasteiger partial charge in [0, 0.05) is 19.4 Å². The van der Waals surface area contributed by atoms with Gasteiger partial charge in [-0.3, -0.25) is 9.59 Å². The predicted molar refractivity (Wildman–Crippen MR) is 78.0 cm³/mol. The summed E-state index contributed by atoms with van der Waals surface area (Å²) >= 11 is 0. The fraction of sp³-hybridized carbons (Fsp3) is 0.875. The van der Waals surface area contributed by atoms with Gasteiger partial charge in [-0.25, -0.2) is 0 Å². The average molecular weight is 267 g/mol. The molecule has 1 rings (SSSR count). The van der Waals surface area contributed by atoms with Crippen LogP contribution in [0.25, 0.3) is 0 Å². The van der Waals surface area contributed by atoms with Crippen molar-refractivity contribution in [2.45, 2.75) is 84.1 Å². The molecule has 0 saturated carbocycles. The van der Waals surface area contributed by atoms with Crippen LogP contribution >= 0.6 is 0 Å². The van der Waals surface area contributed by atoms with Crippen LogP contribution in [-0.2, 0) is 9.59 Å². The Morgan fingerprint density at radius 3 is 2.42 bits per heavy atom. The Kier molecular flexibility index (Phi) is 7.76. The van der Waals surface area contributed by atoms with Crippen LogP contribution in [-0.4, -0.2) is 29.2 Å². The Balaban J connectivity index is 2.23. The van der Waals surface area contributed by atoms with Crippen LogP contribution in [0.5, 0.6) is 0 Å². The second-order valence-electron chi connectivity index (χ2n) is 5.58. The van der Waals surface area contributed by atoms with E-state index in [4.69, 9.17) is 0 Å². The van der Waals surface area contributed by atoms with Crippen molar-refractivity contribution in [3.8, 4) is 0 Å². The van der Waals surface area contributed by atoms with E-state index in [0.29, 0.717) is 12.8 Å². The fourth-order valence-electron chi connectivity index (χ4n) is 2.84. The van der Waals surface area contributed by atoms with E-state index in [1.165, 1.54) is 25.7 Å². The Hall–Kier alpha value is -0.860. The van der Waals surface area contributed by atoms with Crippen molar-refractivity contribution in [3.05, 3.63) is 0 Å². The number of carbonyl (C=O) groups is 2. The number of nitrogens with zero attached hydrogens (tertiary/aromatic N) is 1. The summed E-state index contributed by atoms with van der Waals surface area (Å²) < 4.78 is 0. The third-order valence-corrected chi connectivity index (χ3v) is 4.04. The zero-order valence-electron chi connectivity index (χ0n) is 12.6. The maximum absolute atomic E-state index is 12.1. The van der Waals surface area contributed by atoms with Gasteiger partial charge in [0.1, 0.15) is 0 Å². The lowest BCUT2D eigenvalue weighted by Gasteiger charge is -2.23. The minimum Gasteiger partial charge on any atom is -0.333 e. The molecule has 1 aliphatic rings. The molecule has 0 bridgehead atoms. The summed E-state index contributed by atoms with van der Waals surface area (Å²) in [4.78, 5) is 25.8. The van der Waals surface area contributed by atoms with Crippen molar-refractivity contribution < 1.29 is 9.59 Å². The van der Waals surface area contributed by atoms with Gasteiger partial charge in [0.05, 0.1) is 6.04 Å². The van der Waals surface area contributed by atoms with E-state index in [1.54, 1.807) is 0 Å². The second kappa shape index (κ2) is 9.11. The smallest absolute Gasteiger partial charge is 0.223 e. The first-order valence-electron chi connectivity index (χ1n) is 8.02. The zero-order valence-corrected chi connectivity index (χ0v) is 12.6. The fourth-order valence-corrected chi connectivity index (χ4v) is 2.84. The van der Waals surface area contributed by atoms with Crippen LogP contribution in [0, 0.1) is 0 Å². The summed E-state index contributed by atoms with van der Waals surface area (Å²) in [6, 6.07) is -0.113. The first-order chi connectivity index (χ1) is 9.20. The maximum atomic E-state index is 12.1. The first-order valence-corrected chi connectivity index (χ1v) is 8.02. The standard InChI is InChI=1S/C16H29NO2/c1-3-5-6-7-8-9-12-16(19)17-13-10-11-14(17)15(18)4-2/h14H,3-13H2,1-2H3. The van der Waals surface area contributed by atoms with Crippen LogP contribution in [0.3, 0.4) is 0 Å². The van der Waals surface area contributed by atoms with E-state index in [1.807, 2.05) is 11.8 Å². The number of ketones is 1. The highest BCUT2D eigenvalue weighted by molar-refractivity contribution is 5.89. The number of hydrogen-bond acceptors (Lipinski definition) is 2. The monoisotopic (exact) mass is 267 g/mol. The van der Waals surface area contributed by atoms with Crippen LogP contribution in [0.1, 0.15) is 78.1 Å². The summed E-state index contributed by atoms with van der Waals surface area (Å²) in [7, 11) is 0. The molecule has 0 spiro atoms. The predicted octanol–water partition coefficient (Wildman–Crippen LogP) is 3.71. The number of rotatable bonds is 9. The molecule has 0 aromatic rings. The third kappa shape index (κ3) is 5.33. The van der Waals surface area contributed by atoms with Crippen LogP contribution in [0.15, 0.2) is 0 Å². The molecule has 0 aromatic carbocycles. The largest absolute Gasteiger partial charge is 0.333 e. The number of Topliss-reactive ketones (excluding diaryl/α,β-unsaturated/α-hetero) is 1. The van der Waals surface area contributed by atoms with Gasteiger partial charge in [0.15, 0.2) is 5.78 Å². The summed E-state index contributed by atoms with van der Waals surface area (Å²) in [5, 5.41) is 0. The van der Waals surface area contributed by atoms with Gasteiger partial charge in [-0.2, -0.15) is 0 Å². The molecule has 19 heavy (non-hydrogen) atoms. The highest BCUT2D eigenvalue weighted by Gasteiger charge is 2.32. The molecule has 3 heteroatoms. The Morgan fingerprint density at radius 1 is 1.05 bits per heavy atom. The highest BCUT2D eigenvalue weighted by Crippen LogP contribution is 2.21. The molecule has 110 valence electrons. The molecule has 1 saturated heterocycles. The first kappa shape index (κ1) is 16.2. The number of carbonyl (C=O) groups excluding carboxylic acids is 2. The van der Waals surface area contributed by atoms with Gasteiger partial charge in [0.2, 0.25) is 5.91 Å². The van der Waals surface area contributed by atoms with E-state index in [9.17, 15) is 9.59 Å². The summed E-state index contributed by atoms with van der Waals surface area (Å²) in [5.74, 6) is 0.425. The number of amides is 1. The van der Waals surface area contributed by atoms with Crippen molar-refractivity contribution in [3.63, 3.8) is 0 Å². The van der Waals surface area contributed by atoms with Crippen LogP contribution < -0.4 is 0 Å². The molecule has 0 N–H and O–H groups in total. The van der Waals surface area contributed by atoms with Gasteiger partial charge in [0.25, 0.3) is 0 Å². The Labute approximate surface area is 117 Å². The summed E-state index contributed by atoms with van der Waals surface area (Å²) in [6.07, 6.45) is 10.2. The van der Waals surface area contributed by atoms with Crippen LogP contribution in [0.4, 0.5) is 0 Å². The van der Waals surface area contributed by atoms with E-state index in [0.717, 1.165) is 32.2 Å². The SMILES string of the molecule is CCCCCCCCC(=O)N1CCCC1C(=O)CC. The number of hydrogen-bond donors (Lipinski definition) is 0. The van der Waals surface area contributed by atoms with E-state index < -0.39 is 0 Å². The molecule has 1 atom stereocenters. The normalized spacial score (nSPS) is 18.8. The van der Waals surface area contributed by atoms with Crippen molar-refractivity contribution in [2.75, 3.05) is 6.54 Å². The average Bonchev–Trinajstić information content (AvgIpc) is 2.91. The molecule has 1 fully saturated rings. The minimum absolute atomic E-state index is 0.113. The van der Waals surface area contributed by atoms with Gasteiger partial charge < -0.3 is 4.90 Å². The molecule has 3 nitrogen and oxygen atoms in total. The Bertz CT molecular complexity index is 288. The van der Waals surface area contributed by atoms with Crippen LogP contribution in [0.2, 0.25) is 0 Å². The molecule has 1 amide bonds. The molecule has 1 aliphatic heterocycles. The van der Waals surface area contributed by atoms with E-state index >= 15 is 0 Å². The van der Waals surface area contributed by atoms with Crippen molar-refractivity contribution in [1.82, 2.24) is 4.90 Å². The topological polar surface area (TPSA) is 37.4 Å². The van der Waals surface area contributed by atoms with Gasteiger partial charge >= 0.3 is 0 Å². The quantitative estimate of drug-likeness (QED) is 0.597. The third-order valence-electron chi connectivity index (χ3n) is 4.04. The molecular formula is C16H29NO2. The molecule has 0 radical (unpaired) electrons. The summed E-state index contributed by atoms with van der Waals surface area (Å²) in [5.41, 5.74) is 0. The van der Waals surface area contributed by atoms with Gasteiger partial charge in [-0.05, 0) is 19.3 Å². The number of unbranched alkanes of at least 4 members (excludes halogenated alkanes) is 5. The number of likely N-dealkylation sites (tertiary alicyclic amines) is 1. The highest BCUT2D eigenvalue weighted by atomic mass is 16.2. The summed E-state index contributed by atoms with van der Waals surface area (Å²) in [6.45, 7) is 4.88. The molecular weight excluding hydrogens is 238 g/mol. The van der Waals surface area contributed by atoms with Crippen molar-refractivity contribution in [2.24, 2.45) is 0 Å². The second-order valence-corrected chi connectivity index (χ2v) is 5.58. The van der Waals surface area contributed by atoms with E-state index in [2.05, 4.69) is 6.92 Å². The van der Waals surface area contributed by atoms with Gasteiger partial charge in [-0.1, -0.05) is 46.0 Å². The molecule has 0 aromatic heterocycles. The maximum Gasteiger partial charge on any atom is 0.223 e. The Morgan fingerprint density at radius 2 is 1.74 bits per heavy atom. The van der Waals surface area contributed by atoms with Crippen molar-refractivity contribution >= 4 is 11.7 Å². The molecule has 0 aliphatic carbocycles. The molecule has 1 unspecified atom stereocenters. The molecule has 1 heterocycles. The van der Waals surface area contributed by atoms with Gasteiger partial charge in [-0.15, -0.1) is 0 Å². The lowest BCUT2D eigenvalue weighted by molar-refractivity contribution is -0.137. The zero-order chi connectivity index (χ0) is 14.1.